The smallest absolute Gasteiger partial charge is 0.410 e. The van der Waals surface area contributed by atoms with E-state index in [-0.39, 0.29) is 26.1 Å². The van der Waals surface area contributed by atoms with Gasteiger partial charge in [0.25, 0.3) is 0 Å². The SMILES string of the molecule is COC(=O)C(Cc1ccncc1)NS(=O)(=O)C1CN(C(=O)OCc2ccccc2)C1. The zero-order chi connectivity index (χ0) is 21.6. The summed E-state index contributed by atoms with van der Waals surface area (Å²) in [6.45, 7) is 0.0976. The highest BCUT2D eigenvalue weighted by Crippen LogP contribution is 2.18. The molecule has 160 valence electrons. The van der Waals surface area contributed by atoms with Gasteiger partial charge in [-0.05, 0) is 29.7 Å². The second-order valence-corrected chi connectivity index (χ2v) is 8.86. The van der Waals surface area contributed by atoms with Crippen molar-refractivity contribution in [2.75, 3.05) is 20.2 Å². The molecule has 1 aromatic heterocycles. The third-order valence-electron chi connectivity index (χ3n) is 4.73. The van der Waals surface area contributed by atoms with Crippen molar-refractivity contribution in [3.05, 3.63) is 66.0 Å². The lowest BCUT2D eigenvalue weighted by molar-refractivity contribution is -0.142. The Morgan fingerprint density at radius 1 is 1.13 bits per heavy atom. The van der Waals surface area contributed by atoms with E-state index < -0.39 is 33.4 Å². The molecule has 2 aromatic rings. The molecule has 1 aliphatic heterocycles. The average molecular weight is 433 g/mol. The summed E-state index contributed by atoms with van der Waals surface area (Å²) < 4.78 is 37.7. The minimum absolute atomic E-state index is 0.00783. The van der Waals surface area contributed by atoms with Gasteiger partial charge in [0.2, 0.25) is 10.0 Å². The first-order valence-corrected chi connectivity index (χ1v) is 10.9. The zero-order valence-electron chi connectivity index (χ0n) is 16.4. The summed E-state index contributed by atoms with van der Waals surface area (Å²) in [5, 5.41) is -0.827. The standard InChI is InChI=1S/C20H23N3O6S/c1-28-19(24)18(11-15-7-9-21-10-8-15)22-30(26,27)17-12-23(13-17)20(25)29-14-16-5-3-2-4-6-16/h2-10,17-18,22H,11-14H2,1H3. The van der Waals surface area contributed by atoms with Gasteiger partial charge in [-0.15, -0.1) is 0 Å². The van der Waals surface area contributed by atoms with E-state index in [0.717, 1.165) is 11.1 Å². The maximum Gasteiger partial charge on any atom is 0.410 e. The monoisotopic (exact) mass is 433 g/mol. The van der Waals surface area contributed by atoms with Crippen molar-refractivity contribution in [1.82, 2.24) is 14.6 Å². The van der Waals surface area contributed by atoms with Crippen molar-refractivity contribution in [3.8, 4) is 0 Å². The van der Waals surface area contributed by atoms with Crippen LogP contribution in [0.2, 0.25) is 0 Å². The molecular weight excluding hydrogens is 410 g/mol. The van der Waals surface area contributed by atoms with Crippen molar-refractivity contribution >= 4 is 22.1 Å². The first-order valence-electron chi connectivity index (χ1n) is 9.32. The predicted molar refractivity (Wildman–Crippen MR) is 108 cm³/mol. The number of methoxy groups -OCH3 is 1. The minimum atomic E-state index is -3.85. The molecule has 3 rings (SSSR count). The van der Waals surface area contributed by atoms with Crippen molar-refractivity contribution < 1.29 is 27.5 Å². The van der Waals surface area contributed by atoms with Crippen LogP contribution in [0.15, 0.2) is 54.9 Å². The van der Waals surface area contributed by atoms with Crippen LogP contribution in [0, 0.1) is 0 Å². The number of sulfonamides is 1. The van der Waals surface area contributed by atoms with Gasteiger partial charge in [0.15, 0.2) is 0 Å². The number of rotatable bonds is 8. The summed E-state index contributed by atoms with van der Waals surface area (Å²) in [6, 6.07) is 11.5. The third-order valence-corrected chi connectivity index (χ3v) is 6.52. The van der Waals surface area contributed by atoms with Gasteiger partial charge in [-0.3, -0.25) is 9.78 Å². The molecule has 0 radical (unpaired) electrons. The van der Waals surface area contributed by atoms with Crippen molar-refractivity contribution in [2.24, 2.45) is 0 Å². The van der Waals surface area contributed by atoms with Gasteiger partial charge in [-0.25, -0.2) is 17.9 Å². The number of nitrogens with zero attached hydrogens (tertiary/aromatic N) is 2. The van der Waals surface area contributed by atoms with Gasteiger partial charge in [0.1, 0.15) is 17.9 Å². The number of ether oxygens (including phenoxy) is 2. The number of amides is 1. The summed E-state index contributed by atoms with van der Waals surface area (Å²) >= 11 is 0. The number of hydrogen-bond acceptors (Lipinski definition) is 7. The van der Waals surface area contributed by atoms with E-state index in [1.54, 1.807) is 24.5 Å². The van der Waals surface area contributed by atoms with Crippen LogP contribution in [0.4, 0.5) is 4.79 Å². The van der Waals surface area contributed by atoms with E-state index in [4.69, 9.17) is 9.47 Å². The highest BCUT2D eigenvalue weighted by molar-refractivity contribution is 7.90. The fraction of sp³-hybridized carbons (Fsp3) is 0.350. The number of carbonyl (C=O) groups excluding carboxylic acids is 2. The van der Waals surface area contributed by atoms with Crippen LogP contribution in [0.5, 0.6) is 0 Å². The number of benzene rings is 1. The van der Waals surface area contributed by atoms with Gasteiger partial charge >= 0.3 is 12.1 Å². The largest absolute Gasteiger partial charge is 0.468 e. The Morgan fingerprint density at radius 2 is 1.80 bits per heavy atom. The van der Waals surface area contributed by atoms with Crippen LogP contribution in [-0.4, -0.2) is 61.9 Å². The molecule has 0 spiro atoms. The topological polar surface area (TPSA) is 115 Å². The Morgan fingerprint density at radius 3 is 2.43 bits per heavy atom. The van der Waals surface area contributed by atoms with Crippen LogP contribution in [0.3, 0.4) is 0 Å². The number of likely N-dealkylation sites (tertiary alicyclic amines) is 1. The van der Waals surface area contributed by atoms with Crippen LogP contribution in [0.1, 0.15) is 11.1 Å². The Bertz CT molecular complexity index is 963. The molecule has 1 unspecified atom stereocenters. The molecule has 1 aliphatic rings. The van der Waals surface area contributed by atoms with Crippen LogP contribution in [-0.2, 0) is 37.3 Å². The molecule has 1 fully saturated rings. The molecule has 1 aromatic carbocycles. The normalized spacial score (nSPS) is 15.2. The summed E-state index contributed by atoms with van der Waals surface area (Å²) in [5.74, 6) is -0.686. The van der Waals surface area contributed by atoms with E-state index in [0.29, 0.717) is 0 Å². The first-order chi connectivity index (χ1) is 14.4. The summed E-state index contributed by atoms with van der Waals surface area (Å²) in [7, 11) is -2.65. The Hall–Kier alpha value is -2.98. The molecule has 0 aliphatic carbocycles. The number of aromatic nitrogens is 1. The Balaban J connectivity index is 1.53. The molecule has 9 nitrogen and oxygen atoms in total. The second kappa shape index (κ2) is 9.68. The van der Waals surface area contributed by atoms with Gasteiger partial charge in [0, 0.05) is 25.5 Å². The van der Waals surface area contributed by atoms with Gasteiger partial charge in [-0.1, -0.05) is 30.3 Å². The second-order valence-electron chi connectivity index (χ2n) is 6.87. The number of pyridine rings is 1. The molecule has 0 bridgehead atoms. The van der Waals surface area contributed by atoms with E-state index in [9.17, 15) is 18.0 Å². The highest BCUT2D eigenvalue weighted by atomic mass is 32.2. The summed E-state index contributed by atoms with van der Waals surface area (Å²) in [6.07, 6.45) is 2.67. The fourth-order valence-electron chi connectivity index (χ4n) is 2.96. The lowest BCUT2D eigenvalue weighted by atomic mass is 10.1. The molecule has 1 atom stereocenters. The van der Waals surface area contributed by atoms with Crippen molar-refractivity contribution in [3.63, 3.8) is 0 Å². The number of nitrogens with one attached hydrogen (secondary N) is 1. The van der Waals surface area contributed by atoms with E-state index in [2.05, 4.69) is 9.71 Å². The number of hydrogen-bond donors (Lipinski definition) is 1. The van der Waals surface area contributed by atoms with Gasteiger partial charge in [0.05, 0.1) is 7.11 Å². The molecule has 1 N–H and O–H groups in total. The van der Waals surface area contributed by atoms with Crippen LogP contribution < -0.4 is 4.72 Å². The first kappa shape index (κ1) is 21.7. The molecule has 1 amide bonds. The molecule has 0 saturated carbocycles. The quantitative estimate of drug-likeness (QED) is 0.620. The Labute approximate surface area is 175 Å². The molecule has 1 saturated heterocycles. The summed E-state index contributed by atoms with van der Waals surface area (Å²) in [5.41, 5.74) is 1.58. The van der Waals surface area contributed by atoms with E-state index in [1.807, 2.05) is 30.3 Å². The maximum atomic E-state index is 12.7. The van der Waals surface area contributed by atoms with Crippen molar-refractivity contribution in [1.29, 1.82) is 0 Å². The number of esters is 1. The average Bonchev–Trinajstić information content (AvgIpc) is 2.71. The molecule has 10 heteroatoms. The lowest BCUT2D eigenvalue weighted by Gasteiger charge is -2.38. The molecule has 2 heterocycles. The fourth-order valence-corrected chi connectivity index (χ4v) is 4.48. The predicted octanol–water partition coefficient (Wildman–Crippen LogP) is 1.11. The highest BCUT2D eigenvalue weighted by Gasteiger charge is 2.42. The van der Waals surface area contributed by atoms with Gasteiger partial charge < -0.3 is 14.4 Å². The third kappa shape index (κ3) is 5.55. The lowest BCUT2D eigenvalue weighted by Crippen LogP contribution is -2.61. The number of carbonyl (C=O) groups is 2. The van der Waals surface area contributed by atoms with Gasteiger partial charge in [-0.2, -0.15) is 0 Å². The zero-order valence-corrected chi connectivity index (χ0v) is 17.2. The van der Waals surface area contributed by atoms with Crippen molar-refractivity contribution in [2.45, 2.75) is 24.3 Å². The summed E-state index contributed by atoms with van der Waals surface area (Å²) in [4.78, 5) is 29.4. The molecular formula is C20H23N3O6S. The Kier molecular flexibility index (Phi) is 7.01. The maximum absolute atomic E-state index is 12.7. The van der Waals surface area contributed by atoms with Crippen LogP contribution >= 0.6 is 0 Å². The molecule has 30 heavy (non-hydrogen) atoms. The van der Waals surface area contributed by atoms with E-state index in [1.165, 1.54) is 12.0 Å². The minimum Gasteiger partial charge on any atom is -0.468 e. The van der Waals surface area contributed by atoms with E-state index >= 15 is 0 Å². The van der Waals surface area contributed by atoms with Crippen LogP contribution in [0.25, 0.3) is 0 Å².